The van der Waals surface area contributed by atoms with Gasteiger partial charge in [-0.3, -0.25) is 0 Å². The number of carboxylic acid groups (broad SMARTS) is 1. The van der Waals surface area contributed by atoms with E-state index in [2.05, 4.69) is 9.97 Å². The summed E-state index contributed by atoms with van der Waals surface area (Å²) in [6.45, 7) is 0. The second kappa shape index (κ2) is 4.42. The van der Waals surface area contributed by atoms with Crippen molar-refractivity contribution in [2.24, 2.45) is 0 Å². The van der Waals surface area contributed by atoms with Crippen LogP contribution >= 0.6 is 12.2 Å². The minimum absolute atomic E-state index is 0.115. The number of aromatic carboxylic acids is 1. The number of hydrogen-bond acceptors (Lipinski definition) is 3. The highest BCUT2D eigenvalue weighted by atomic mass is 32.1. The van der Waals surface area contributed by atoms with E-state index in [0.29, 0.717) is 11.3 Å². The molecule has 0 atom stereocenters. The number of hydrogen-bond donors (Lipinski definition) is 2. The highest BCUT2D eigenvalue weighted by Crippen LogP contribution is 2.19. The van der Waals surface area contributed by atoms with Crippen LogP contribution in [0.1, 0.15) is 10.4 Å². The van der Waals surface area contributed by atoms with Crippen LogP contribution in [0.3, 0.4) is 0 Å². The first kappa shape index (κ1) is 11.4. The van der Waals surface area contributed by atoms with Crippen LogP contribution in [0, 0.1) is 10.6 Å². The summed E-state index contributed by atoms with van der Waals surface area (Å²) in [7, 11) is 0. The Morgan fingerprint density at radius 1 is 1.41 bits per heavy atom. The average molecular weight is 250 g/mol. The Labute approximate surface area is 101 Å². The van der Waals surface area contributed by atoms with Gasteiger partial charge in [0.2, 0.25) is 0 Å². The first-order valence-electron chi connectivity index (χ1n) is 4.66. The summed E-state index contributed by atoms with van der Waals surface area (Å²) in [6.07, 6.45) is 1.47. The quantitative estimate of drug-likeness (QED) is 0.804. The molecule has 0 fully saturated rings. The molecule has 2 aromatic rings. The van der Waals surface area contributed by atoms with Crippen molar-refractivity contribution in [2.45, 2.75) is 0 Å². The molecular formula is C11H7FN2O2S. The largest absolute Gasteiger partial charge is 0.478 e. The Kier molecular flexibility index (Phi) is 2.97. The van der Waals surface area contributed by atoms with Crippen molar-refractivity contribution in [2.75, 3.05) is 0 Å². The van der Waals surface area contributed by atoms with Crippen LogP contribution < -0.4 is 0 Å². The van der Waals surface area contributed by atoms with E-state index in [0.717, 1.165) is 6.07 Å². The standard InChI is InChI=1S/C11H7FN2O2S/c12-8-4-6(3-7(5-8)10(15)16)9-1-2-13-11(17)14-9/h1-5H,(H,15,16)(H,13,14,17). The Bertz CT molecular complexity index is 639. The number of rotatable bonds is 2. The van der Waals surface area contributed by atoms with Gasteiger partial charge in [-0.05, 0) is 36.5 Å². The van der Waals surface area contributed by atoms with E-state index < -0.39 is 11.8 Å². The van der Waals surface area contributed by atoms with Crippen LogP contribution in [0.15, 0.2) is 30.5 Å². The second-order valence-electron chi connectivity index (χ2n) is 3.32. The van der Waals surface area contributed by atoms with E-state index in [4.69, 9.17) is 17.3 Å². The number of aromatic amines is 1. The van der Waals surface area contributed by atoms with Gasteiger partial charge >= 0.3 is 5.97 Å². The molecule has 6 heteroatoms. The van der Waals surface area contributed by atoms with Crippen LogP contribution in [-0.2, 0) is 0 Å². The molecule has 0 bridgehead atoms. The van der Waals surface area contributed by atoms with E-state index in [1.54, 1.807) is 6.07 Å². The molecule has 0 aliphatic carbocycles. The molecular weight excluding hydrogens is 243 g/mol. The third kappa shape index (κ3) is 2.54. The van der Waals surface area contributed by atoms with Gasteiger partial charge in [-0.25, -0.2) is 14.2 Å². The smallest absolute Gasteiger partial charge is 0.335 e. The molecule has 0 radical (unpaired) electrons. The number of benzene rings is 1. The van der Waals surface area contributed by atoms with Crippen LogP contribution in [-0.4, -0.2) is 21.0 Å². The highest BCUT2D eigenvalue weighted by Gasteiger charge is 2.08. The molecule has 0 saturated carbocycles. The molecule has 2 N–H and O–H groups in total. The van der Waals surface area contributed by atoms with Crippen molar-refractivity contribution in [3.05, 3.63) is 46.6 Å². The fraction of sp³-hybridized carbons (Fsp3) is 0. The van der Waals surface area contributed by atoms with E-state index in [1.165, 1.54) is 18.3 Å². The van der Waals surface area contributed by atoms with Crippen molar-refractivity contribution >= 4 is 18.2 Å². The van der Waals surface area contributed by atoms with E-state index in [9.17, 15) is 9.18 Å². The monoisotopic (exact) mass is 250 g/mol. The minimum atomic E-state index is -1.18. The van der Waals surface area contributed by atoms with E-state index in [1.807, 2.05) is 0 Å². The van der Waals surface area contributed by atoms with Gasteiger partial charge in [0.05, 0.1) is 5.56 Å². The number of nitrogens with one attached hydrogen (secondary N) is 1. The maximum absolute atomic E-state index is 13.3. The summed E-state index contributed by atoms with van der Waals surface area (Å²) in [6, 6.07) is 5.15. The molecule has 86 valence electrons. The molecule has 0 aliphatic heterocycles. The second-order valence-corrected chi connectivity index (χ2v) is 3.71. The molecule has 0 unspecified atom stereocenters. The zero-order chi connectivity index (χ0) is 12.4. The summed E-state index contributed by atoms with van der Waals surface area (Å²) in [5.41, 5.74) is 0.819. The zero-order valence-corrected chi connectivity index (χ0v) is 9.29. The molecule has 1 heterocycles. The summed E-state index contributed by atoms with van der Waals surface area (Å²) in [5, 5.41) is 8.83. The summed E-state index contributed by atoms with van der Waals surface area (Å²) in [5.74, 6) is -1.80. The SMILES string of the molecule is O=C(O)c1cc(F)cc(-c2ccnc(=S)[nH]2)c1. The maximum atomic E-state index is 13.3. The average Bonchev–Trinajstić information content (AvgIpc) is 2.28. The number of carbonyl (C=O) groups is 1. The molecule has 17 heavy (non-hydrogen) atoms. The van der Waals surface area contributed by atoms with Gasteiger partial charge in [0.1, 0.15) is 5.82 Å². The van der Waals surface area contributed by atoms with E-state index in [-0.39, 0.29) is 10.3 Å². The Hall–Kier alpha value is -2.08. The van der Waals surface area contributed by atoms with Gasteiger partial charge in [0.25, 0.3) is 0 Å². The van der Waals surface area contributed by atoms with Crippen molar-refractivity contribution < 1.29 is 14.3 Å². The first-order chi connectivity index (χ1) is 8.06. The van der Waals surface area contributed by atoms with Crippen molar-refractivity contribution in [1.82, 2.24) is 9.97 Å². The zero-order valence-electron chi connectivity index (χ0n) is 8.48. The van der Waals surface area contributed by atoms with Gasteiger partial charge in [-0.15, -0.1) is 0 Å². The van der Waals surface area contributed by atoms with Gasteiger partial charge in [0, 0.05) is 17.5 Å². The normalized spacial score (nSPS) is 10.2. The third-order valence-electron chi connectivity index (χ3n) is 2.13. The number of halogens is 1. The van der Waals surface area contributed by atoms with Crippen LogP contribution in [0.25, 0.3) is 11.3 Å². The minimum Gasteiger partial charge on any atom is -0.478 e. The maximum Gasteiger partial charge on any atom is 0.335 e. The number of aromatic nitrogens is 2. The lowest BCUT2D eigenvalue weighted by Gasteiger charge is -2.03. The van der Waals surface area contributed by atoms with Gasteiger partial charge in [-0.1, -0.05) is 0 Å². The molecule has 1 aromatic carbocycles. The fourth-order valence-corrected chi connectivity index (χ4v) is 1.58. The van der Waals surface area contributed by atoms with E-state index >= 15 is 0 Å². The molecule has 0 amide bonds. The molecule has 2 rings (SSSR count). The van der Waals surface area contributed by atoms with Crippen LogP contribution in [0.5, 0.6) is 0 Å². The Morgan fingerprint density at radius 2 is 2.18 bits per heavy atom. The lowest BCUT2D eigenvalue weighted by atomic mass is 10.1. The predicted octanol–water partition coefficient (Wildman–Crippen LogP) is 2.64. The summed E-state index contributed by atoms with van der Waals surface area (Å²) >= 11 is 4.84. The number of H-pyrrole nitrogens is 1. The first-order valence-corrected chi connectivity index (χ1v) is 5.06. The van der Waals surface area contributed by atoms with Crippen molar-refractivity contribution in [3.63, 3.8) is 0 Å². The molecule has 0 aliphatic rings. The number of nitrogens with zero attached hydrogens (tertiary/aromatic N) is 1. The van der Waals surface area contributed by atoms with Crippen molar-refractivity contribution in [1.29, 1.82) is 0 Å². The summed E-state index contributed by atoms with van der Waals surface area (Å²) < 4.78 is 13.5. The third-order valence-corrected chi connectivity index (χ3v) is 2.34. The van der Waals surface area contributed by atoms with Crippen LogP contribution in [0.2, 0.25) is 0 Å². The van der Waals surface area contributed by atoms with Crippen molar-refractivity contribution in [3.8, 4) is 11.3 Å². The molecule has 1 aromatic heterocycles. The molecule has 0 spiro atoms. The molecule has 4 nitrogen and oxygen atoms in total. The highest BCUT2D eigenvalue weighted by molar-refractivity contribution is 7.71. The van der Waals surface area contributed by atoms with Gasteiger partial charge < -0.3 is 10.1 Å². The van der Waals surface area contributed by atoms with Gasteiger partial charge in [-0.2, -0.15) is 0 Å². The van der Waals surface area contributed by atoms with Crippen LogP contribution in [0.4, 0.5) is 4.39 Å². The lowest BCUT2D eigenvalue weighted by Crippen LogP contribution is -1.98. The topological polar surface area (TPSA) is 66.0 Å². The van der Waals surface area contributed by atoms with Gasteiger partial charge in [0.15, 0.2) is 4.77 Å². The fourth-order valence-electron chi connectivity index (χ4n) is 1.41. The molecule has 0 saturated heterocycles. The predicted molar refractivity (Wildman–Crippen MR) is 61.8 cm³/mol. The summed E-state index contributed by atoms with van der Waals surface area (Å²) in [4.78, 5) is 17.3. The number of carboxylic acids is 1. The lowest BCUT2D eigenvalue weighted by molar-refractivity contribution is 0.0696. The Balaban J connectivity index is 2.59. The Morgan fingerprint density at radius 3 is 2.82 bits per heavy atom.